The van der Waals surface area contributed by atoms with E-state index in [4.69, 9.17) is 18.9 Å². The molecule has 0 spiro atoms. The van der Waals surface area contributed by atoms with E-state index >= 15 is 0 Å². The summed E-state index contributed by atoms with van der Waals surface area (Å²) in [5.41, 5.74) is 1.59. The number of nitrogens with zero attached hydrogens (tertiary/aromatic N) is 5. The highest BCUT2D eigenvalue weighted by atomic mass is 32.2. The summed E-state index contributed by atoms with van der Waals surface area (Å²) in [6.07, 6.45) is -1.48. The van der Waals surface area contributed by atoms with Crippen molar-refractivity contribution in [3.63, 3.8) is 0 Å². The average molecular weight is 612 g/mol. The Morgan fingerprint density at radius 3 is 1.89 bits per heavy atom. The fourth-order valence-electron chi connectivity index (χ4n) is 4.72. The first kappa shape index (κ1) is 29.0. The largest absolute Gasteiger partial charge is 0.459 e. The van der Waals surface area contributed by atoms with Gasteiger partial charge in [-0.15, -0.1) is 16.9 Å². The van der Waals surface area contributed by atoms with Gasteiger partial charge in [0, 0.05) is 0 Å². The number of thioether (sulfide) groups is 1. The highest BCUT2D eigenvalue weighted by molar-refractivity contribution is 7.98. The third-order valence-corrected chi connectivity index (χ3v) is 7.53. The third-order valence-electron chi connectivity index (χ3n) is 6.84. The van der Waals surface area contributed by atoms with Gasteiger partial charge in [-0.05, 0) is 42.7 Å². The van der Waals surface area contributed by atoms with Crippen LogP contribution < -0.4 is 0 Å². The smallest absolute Gasteiger partial charge is 0.338 e. The van der Waals surface area contributed by atoms with Crippen molar-refractivity contribution in [2.45, 2.75) is 29.6 Å². The topological polar surface area (TPSA) is 145 Å². The first-order chi connectivity index (χ1) is 21.5. The van der Waals surface area contributed by atoms with E-state index in [0.717, 1.165) is 0 Å². The Balaban J connectivity index is 1.38. The van der Waals surface area contributed by atoms with Crippen LogP contribution in [0.3, 0.4) is 0 Å². The molecule has 0 aliphatic carbocycles. The molecule has 0 unspecified atom stereocenters. The second kappa shape index (κ2) is 13.0. The van der Waals surface area contributed by atoms with E-state index in [-0.39, 0.29) is 17.7 Å². The summed E-state index contributed by atoms with van der Waals surface area (Å²) in [7, 11) is 0. The molecule has 0 N–H and O–H groups in total. The summed E-state index contributed by atoms with van der Waals surface area (Å²) in [6.45, 7) is -0.325. The molecular weight excluding hydrogens is 586 g/mol. The van der Waals surface area contributed by atoms with Gasteiger partial charge in [0.2, 0.25) is 0 Å². The van der Waals surface area contributed by atoms with Crippen molar-refractivity contribution in [1.82, 2.24) is 25.0 Å². The molecule has 1 fully saturated rings. The van der Waals surface area contributed by atoms with Crippen molar-refractivity contribution in [1.29, 1.82) is 0 Å². The van der Waals surface area contributed by atoms with E-state index in [1.54, 1.807) is 91.0 Å². The molecule has 222 valence electrons. The number of aromatic nitrogens is 5. The lowest BCUT2D eigenvalue weighted by atomic mass is 10.1. The molecule has 1 saturated heterocycles. The lowest BCUT2D eigenvalue weighted by Crippen LogP contribution is -2.41. The minimum atomic E-state index is -1.24. The first-order valence-electron chi connectivity index (χ1n) is 13.5. The van der Waals surface area contributed by atoms with Crippen LogP contribution >= 0.6 is 11.8 Å². The highest BCUT2D eigenvalue weighted by Gasteiger charge is 2.52. The SMILES string of the molecule is CSc1ncnc2c1nnn2[C@H]1O[C@@H](COC(=O)c2ccccc2)[C@@H](OC(=O)c2ccccc2)[C@@H]1OC(=O)c1ccccc1. The third kappa shape index (κ3) is 6.00. The second-order valence-electron chi connectivity index (χ2n) is 9.59. The molecule has 5 aromatic rings. The van der Waals surface area contributed by atoms with Gasteiger partial charge in [0.25, 0.3) is 0 Å². The van der Waals surface area contributed by atoms with Gasteiger partial charge in [0.05, 0.1) is 16.7 Å². The Kier molecular flexibility index (Phi) is 8.57. The molecule has 1 aliphatic heterocycles. The molecule has 0 radical (unpaired) electrons. The van der Waals surface area contributed by atoms with E-state index < -0.39 is 42.4 Å². The molecule has 13 heteroatoms. The van der Waals surface area contributed by atoms with Crippen LogP contribution in [0.2, 0.25) is 0 Å². The van der Waals surface area contributed by atoms with E-state index in [9.17, 15) is 14.4 Å². The fraction of sp³-hybridized carbons (Fsp3) is 0.194. The highest BCUT2D eigenvalue weighted by Crippen LogP contribution is 2.36. The summed E-state index contributed by atoms with van der Waals surface area (Å²) in [4.78, 5) is 48.1. The van der Waals surface area contributed by atoms with Gasteiger partial charge < -0.3 is 18.9 Å². The van der Waals surface area contributed by atoms with Crippen molar-refractivity contribution in [3.8, 4) is 0 Å². The molecule has 44 heavy (non-hydrogen) atoms. The zero-order chi connectivity index (χ0) is 30.5. The average Bonchev–Trinajstić information content (AvgIpc) is 3.65. The van der Waals surface area contributed by atoms with Crippen molar-refractivity contribution in [2.75, 3.05) is 12.9 Å². The maximum atomic E-state index is 13.4. The van der Waals surface area contributed by atoms with Crippen LogP contribution in [-0.4, -0.2) is 74.0 Å². The number of ether oxygens (including phenoxy) is 4. The number of hydrogen-bond acceptors (Lipinski definition) is 12. The van der Waals surface area contributed by atoms with E-state index in [1.165, 1.54) is 22.8 Å². The number of hydrogen-bond donors (Lipinski definition) is 0. The Morgan fingerprint density at radius 2 is 1.32 bits per heavy atom. The lowest BCUT2D eigenvalue weighted by molar-refractivity contribution is -0.0661. The molecule has 6 rings (SSSR count). The van der Waals surface area contributed by atoms with Gasteiger partial charge in [-0.3, -0.25) is 0 Å². The molecule has 1 aliphatic rings. The van der Waals surface area contributed by atoms with Crippen molar-refractivity contribution in [3.05, 3.63) is 114 Å². The molecule has 0 bridgehead atoms. The van der Waals surface area contributed by atoms with Crippen molar-refractivity contribution >= 4 is 40.8 Å². The zero-order valence-electron chi connectivity index (χ0n) is 23.3. The Labute approximate surface area is 255 Å². The van der Waals surface area contributed by atoms with Crippen LogP contribution in [-0.2, 0) is 18.9 Å². The van der Waals surface area contributed by atoms with E-state index in [1.807, 2.05) is 6.26 Å². The molecule has 0 saturated carbocycles. The van der Waals surface area contributed by atoms with Gasteiger partial charge >= 0.3 is 17.9 Å². The minimum Gasteiger partial charge on any atom is -0.459 e. The quantitative estimate of drug-likeness (QED) is 0.102. The molecule has 3 heterocycles. The van der Waals surface area contributed by atoms with E-state index in [2.05, 4.69) is 20.3 Å². The number of carbonyl (C=O) groups excluding carboxylic acids is 3. The van der Waals surface area contributed by atoms with Gasteiger partial charge in [-0.2, -0.15) is 4.68 Å². The van der Waals surface area contributed by atoms with Gasteiger partial charge in [0.1, 0.15) is 24.1 Å². The van der Waals surface area contributed by atoms with Crippen LogP contribution in [0.15, 0.2) is 102 Å². The van der Waals surface area contributed by atoms with Crippen molar-refractivity contribution in [2.24, 2.45) is 0 Å². The fourth-order valence-corrected chi connectivity index (χ4v) is 5.20. The van der Waals surface area contributed by atoms with E-state index in [0.29, 0.717) is 21.8 Å². The maximum Gasteiger partial charge on any atom is 0.338 e. The van der Waals surface area contributed by atoms with Gasteiger partial charge in [0.15, 0.2) is 29.6 Å². The summed E-state index contributed by atoms with van der Waals surface area (Å²) in [5, 5.41) is 9.06. The standard InChI is InChI=1S/C31H25N5O7S/c1-44-27-23-26(32-18-33-27)36(35-34-23)28-25(43-31(39)21-15-9-4-10-16-21)24(42-30(38)20-13-7-3-8-14-20)22(41-28)17-40-29(37)19-11-5-2-6-12-19/h2-16,18,22,24-25,28H,17H2,1H3/t22-,24+,25-,28-/m0/s1. The summed E-state index contributed by atoms with van der Waals surface area (Å²) in [5.74, 6) is -1.97. The Bertz CT molecular complexity index is 1770. The summed E-state index contributed by atoms with van der Waals surface area (Å²) >= 11 is 1.36. The maximum absolute atomic E-state index is 13.4. The number of fused-ring (bicyclic) bond motifs is 1. The predicted molar refractivity (Wildman–Crippen MR) is 157 cm³/mol. The van der Waals surface area contributed by atoms with Crippen LogP contribution in [0.4, 0.5) is 0 Å². The molecule has 3 aromatic carbocycles. The molecular formula is C31H25N5O7S. The molecule has 4 atom stereocenters. The number of esters is 3. The van der Waals surface area contributed by atoms with Gasteiger partial charge in [-0.25, -0.2) is 24.4 Å². The monoisotopic (exact) mass is 611 g/mol. The van der Waals surface area contributed by atoms with Crippen LogP contribution in [0.25, 0.3) is 11.2 Å². The van der Waals surface area contributed by atoms with Gasteiger partial charge in [-0.1, -0.05) is 59.8 Å². The lowest BCUT2D eigenvalue weighted by Gasteiger charge is -2.24. The minimum absolute atomic E-state index is 0.271. The normalized spacial score (nSPS) is 19.4. The molecule has 2 aromatic heterocycles. The second-order valence-corrected chi connectivity index (χ2v) is 10.4. The Morgan fingerprint density at radius 1 is 0.773 bits per heavy atom. The van der Waals surface area contributed by atoms with Crippen LogP contribution in [0.5, 0.6) is 0 Å². The zero-order valence-corrected chi connectivity index (χ0v) is 24.1. The molecule has 0 amide bonds. The first-order valence-corrected chi connectivity index (χ1v) is 14.8. The number of carbonyl (C=O) groups is 3. The summed E-state index contributed by atoms with van der Waals surface area (Å²) in [6, 6.07) is 25.1. The predicted octanol–water partition coefficient (Wildman–Crippen LogP) is 4.15. The van der Waals surface area contributed by atoms with Crippen LogP contribution in [0.1, 0.15) is 37.3 Å². The van der Waals surface area contributed by atoms with Crippen LogP contribution in [0, 0.1) is 0 Å². The number of rotatable bonds is 9. The Hall–Kier alpha value is -5.14. The van der Waals surface area contributed by atoms with Crippen molar-refractivity contribution < 1.29 is 33.3 Å². The number of benzene rings is 3. The summed E-state index contributed by atoms with van der Waals surface area (Å²) < 4.78 is 25.2. The molecule has 12 nitrogen and oxygen atoms in total.